The molecule has 4 nitrogen and oxygen atoms in total. The van der Waals surface area contributed by atoms with E-state index in [4.69, 9.17) is 0 Å². The third kappa shape index (κ3) is 5.91. The van der Waals surface area contributed by atoms with Gasteiger partial charge in [-0.3, -0.25) is 0 Å². The molecule has 60 heavy (non-hydrogen) atoms. The molecule has 0 saturated carbocycles. The third-order valence-electron chi connectivity index (χ3n) is 11.5. The van der Waals surface area contributed by atoms with Crippen LogP contribution in [0.5, 0.6) is 0 Å². The Morgan fingerprint density at radius 3 is 1.40 bits per heavy atom. The van der Waals surface area contributed by atoms with Crippen molar-refractivity contribution in [1.82, 2.24) is 9.13 Å². The van der Waals surface area contributed by atoms with Crippen molar-refractivity contribution in [1.29, 1.82) is 10.5 Å². The van der Waals surface area contributed by atoms with Gasteiger partial charge in [0.25, 0.3) is 0 Å². The lowest BCUT2D eigenvalue weighted by Gasteiger charge is -2.22. The zero-order valence-corrected chi connectivity index (χ0v) is 32.5. The highest BCUT2D eigenvalue weighted by Crippen LogP contribution is 2.45. The van der Waals surface area contributed by atoms with Crippen LogP contribution in [0.1, 0.15) is 27.8 Å². The number of rotatable bonds is 5. The number of aromatic nitrogens is 2. The highest BCUT2D eigenvalue weighted by molar-refractivity contribution is 6.13. The fraction of sp³-hybridized carbons (Fsp3) is 0.0566. The van der Waals surface area contributed by atoms with Crippen molar-refractivity contribution in [3.63, 3.8) is 0 Å². The summed E-state index contributed by atoms with van der Waals surface area (Å²) < 4.78 is 46.9. The maximum atomic E-state index is 14.2. The molecule has 0 amide bonds. The smallest absolute Gasteiger partial charge is 0.308 e. The number of aryl methyl sites for hydroxylation is 2. The Hall–Kier alpha value is -7.87. The SMILES string of the molecule is Cc1cccc(-c2ccc3c(c2)c2ccccc2n3-c2cc(C#N)cc(-n3c4ccccc4c4cc(-c5cccc(C)c5)ccc43)c2-c2ccc(C(F)(F)F)cc2C#N)c1. The molecule has 286 valence electrons. The highest BCUT2D eigenvalue weighted by atomic mass is 19.4. The molecule has 0 spiro atoms. The Bertz CT molecular complexity index is 3300. The summed E-state index contributed by atoms with van der Waals surface area (Å²) in [7, 11) is 0. The standard InChI is InChI=1S/C53H33F3N4/c1-32-9-7-11-35(23-32)37-17-21-48-44(28-37)42-13-3-5-15-46(42)59(48)50-25-34(30-57)26-51(52(50)41-20-19-40(53(54,55)56)27-39(41)31-58)60-47-16-6-4-14-43(47)45-29-38(18-22-49(45)60)36-12-8-10-33(2)24-36/h3-29H,1-2H3. The van der Waals surface area contributed by atoms with Crippen LogP contribution in [-0.4, -0.2) is 9.13 Å². The summed E-state index contributed by atoms with van der Waals surface area (Å²) >= 11 is 0. The van der Waals surface area contributed by atoms with Gasteiger partial charge in [-0.15, -0.1) is 0 Å². The molecule has 0 aliphatic rings. The van der Waals surface area contributed by atoms with Crippen molar-refractivity contribution in [2.45, 2.75) is 20.0 Å². The fourth-order valence-electron chi connectivity index (χ4n) is 8.81. The van der Waals surface area contributed by atoms with Gasteiger partial charge in [0.1, 0.15) is 0 Å². The van der Waals surface area contributed by atoms with E-state index in [-0.39, 0.29) is 5.56 Å². The Balaban J connectivity index is 1.34. The van der Waals surface area contributed by atoms with Gasteiger partial charge in [-0.1, -0.05) is 114 Å². The van der Waals surface area contributed by atoms with E-state index in [1.807, 2.05) is 48.5 Å². The molecular formula is C53H33F3N4. The van der Waals surface area contributed by atoms with Crippen LogP contribution in [0.3, 0.4) is 0 Å². The van der Waals surface area contributed by atoms with Gasteiger partial charge in [-0.25, -0.2) is 0 Å². The Morgan fingerprint density at radius 2 is 0.933 bits per heavy atom. The highest BCUT2D eigenvalue weighted by Gasteiger charge is 2.32. The monoisotopic (exact) mass is 782 g/mol. The third-order valence-corrected chi connectivity index (χ3v) is 11.5. The van der Waals surface area contributed by atoms with Crippen LogP contribution < -0.4 is 0 Å². The van der Waals surface area contributed by atoms with Crippen molar-refractivity contribution in [2.24, 2.45) is 0 Å². The van der Waals surface area contributed by atoms with Crippen LogP contribution in [-0.2, 0) is 6.18 Å². The Kier molecular flexibility index (Phi) is 8.45. The minimum absolute atomic E-state index is 0.137. The number of nitrogens with zero attached hydrogens (tertiary/aromatic N) is 4. The molecule has 10 aromatic rings. The molecule has 0 bridgehead atoms. The molecule has 0 atom stereocenters. The van der Waals surface area contributed by atoms with Crippen molar-refractivity contribution in [3.05, 3.63) is 192 Å². The van der Waals surface area contributed by atoms with Gasteiger partial charge in [0.2, 0.25) is 0 Å². The van der Waals surface area contributed by atoms with E-state index in [0.29, 0.717) is 28.1 Å². The van der Waals surface area contributed by atoms with E-state index in [0.717, 1.165) is 89.1 Å². The number of alkyl halides is 3. The lowest BCUT2D eigenvalue weighted by Crippen LogP contribution is -2.08. The topological polar surface area (TPSA) is 57.4 Å². The first-order chi connectivity index (χ1) is 29.1. The number of hydrogen-bond acceptors (Lipinski definition) is 2. The summed E-state index contributed by atoms with van der Waals surface area (Å²) in [5.74, 6) is 0. The molecule has 0 fully saturated rings. The molecule has 0 radical (unpaired) electrons. The Morgan fingerprint density at radius 1 is 0.450 bits per heavy atom. The summed E-state index contributed by atoms with van der Waals surface area (Å²) in [5.41, 5.74) is 11.1. The zero-order chi connectivity index (χ0) is 41.3. The second-order valence-corrected chi connectivity index (χ2v) is 15.3. The van der Waals surface area contributed by atoms with E-state index in [2.05, 4.69) is 120 Å². The van der Waals surface area contributed by atoms with Crippen LogP contribution >= 0.6 is 0 Å². The molecule has 7 heteroatoms. The summed E-state index contributed by atoms with van der Waals surface area (Å²) in [6.45, 7) is 4.12. The molecule has 2 aromatic heterocycles. The molecule has 0 unspecified atom stereocenters. The average molecular weight is 783 g/mol. The zero-order valence-electron chi connectivity index (χ0n) is 32.5. The van der Waals surface area contributed by atoms with Gasteiger partial charge in [-0.05, 0) is 96.8 Å². The quantitative estimate of drug-likeness (QED) is 0.175. The summed E-state index contributed by atoms with van der Waals surface area (Å²) in [6, 6.07) is 56.6. The number of halogens is 3. The van der Waals surface area contributed by atoms with E-state index in [1.54, 1.807) is 12.1 Å². The maximum Gasteiger partial charge on any atom is 0.416 e. The normalized spacial score (nSPS) is 11.7. The van der Waals surface area contributed by atoms with Gasteiger partial charge < -0.3 is 9.13 Å². The van der Waals surface area contributed by atoms with Gasteiger partial charge >= 0.3 is 6.18 Å². The molecule has 0 saturated heterocycles. The van der Waals surface area contributed by atoms with Crippen LogP contribution in [0.4, 0.5) is 13.2 Å². The summed E-state index contributed by atoms with van der Waals surface area (Å²) in [6.07, 6.45) is -4.66. The number of benzene rings is 8. The van der Waals surface area contributed by atoms with E-state index in [9.17, 15) is 23.7 Å². The number of para-hydroxylation sites is 2. The molecule has 0 N–H and O–H groups in total. The largest absolute Gasteiger partial charge is 0.416 e. The first-order valence-corrected chi connectivity index (χ1v) is 19.5. The fourth-order valence-corrected chi connectivity index (χ4v) is 8.81. The van der Waals surface area contributed by atoms with Gasteiger partial charge in [0.05, 0.1) is 62.3 Å². The number of fused-ring (bicyclic) bond motifs is 6. The number of hydrogen-bond donors (Lipinski definition) is 0. The molecular weight excluding hydrogens is 750 g/mol. The molecule has 10 rings (SSSR count). The predicted molar refractivity (Wildman–Crippen MR) is 235 cm³/mol. The van der Waals surface area contributed by atoms with Crippen LogP contribution in [0.15, 0.2) is 164 Å². The second kappa shape index (κ2) is 13.9. The van der Waals surface area contributed by atoms with Crippen molar-refractivity contribution < 1.29 is 13.2 Å². The first-order valence-electron chi connectivity index (χ1n) is 19.5. The summed E-state index contributed by atoms with van der Waals surface area (Å²) in [4.78, 5) is 0. The van der Waals surface area contributed by atoms with E-state index >= 15 is 0 Å². The molecule has 2 heterocycles. The lowest BCUT2D eigenvalue weighted by atomic mass is 9.93. The molecule has 0 aliphatic carbocycles. The first kappa shape index (κ1) is 36.5. The maximum absolute atomic E-state index is 14.2. The summed E-state index contributed by atoms with van der Waals surface area (Å²) in [5, 5.41) is 25.2. The average Bonchev–Trinajstić information content (AvgIpc) is 3.77. The van der Waals surface area contributed by atoms with Crippen LogP contribution in [0.25, 0.3) is 88.4 Å². The number of nitriles is 2. The van der Waals surface area contributed by atoms with Crippen molar-refractivity contribution >= 4 is 43.6 Å². The van der Waals surface area contributed by atoms with Gasteiger partial charge in [0.15, 0.2) is 0 Å². The second-order valence-electron chi connectivity index (χ2n) is 15.3. The predicted octanol–water partition coefficient (Wildman–Crippen LogP) is 14.3. The van der Waals surface area contributed by atoms with Crippen molar-refractivity contribution in [2.75, 3.05) is 0 Å². The Labute approximate surface area is 343 Å². The van der Waals surface area contributed by atoms with E-state index < -0.39 is 11.7 Å². The minimum Gasteiger partial charge on any atom is -0.308 e. The van der Waals surface area contributed by atoms with Crippen LogP contribution in [0, 0.1) is 36.5 Å². The molecule has 0 aliphatic heterocycles. The molecule has 8 aromatic carbocycles. The van der Waals surface area contributed by atoms with E-state index in [1.165, 1.54) is 6.07 Å². The van der Waals surface area contributed by atoms with Crippen molar-refractivity contribution in [3.8, 4) is 56.9 Å². The minimum atomic E-state index is -4.66. The lowest BCUT2D eigenvalue weighted by molar-refractivity contribution is -0.137. The van der Waals surface area contributed by atoms with Crippen LogP contribution in [0.2, 0.25) is 0 Å². The van der Waals surface area contributed by atoms with Gasteiger partial charge in [0, 0.05) is 32.7 Å². The van der Waals surface area contributed by atoms with Gasteiger partial charge in [-0.2, -0.15) is 23.7 Å².